The van der Waals surface area contributed by atoms with Crippen molar-refractivity contribution >= 4 is 16.8 Å². The molecule has 9 nitrogen and oxygen atoms in total. The highest BCUT2D eigenvalue weighted by atomic mass is 32.2. The lowest BCUT2D eigenvalue weighted by Gasteiger charge is -2.30. The van der Waals surface area contributed by atoms with Crippen LogP contribution in [0.4, 0.5) is 13.2 Å². The molecule has 0 amide bonds. The van der Waals surface area contributed by atoms with E-state index >= 15 is 0 Å². The van der Waals surface area contributed by atoms with Gasteiger partial charge in [0.05, 0.1) is 13.3 Å². The predicted molar refractivity (Wildman–Crippen MR) is 153 cm³/mol. The van der Waals surface area contributed by atoms with E-state index in [1.54, 1.807) is 0 Å². The van der Waals surface area contributed by atoms with Crippen LogP contribution in [0.1, 0.15) is 52.7 Å². The molecule has 4 heterocycles. The lowest BCUT2D eigenvalue weighted by atomic mass is 9.94. The molecule has 0 radical (unpaired) electrons. The van der Waals surface area contributed by atoms with Gasteiger partial charge in [-0.3, -0.25) is 20.5 Å². The van der Waals surface area contributed by atoms with Crippen LogP contribution >= 0.6 is 11.8 Å². The van der Waals surface area contributed by atoms with Crippen molar-refractivity contribution in [2.24, 2.45) is 11.0 Å². The number of halogens is 3. The fraction of sp³-hybridized carbons (Fsp3) is 0.357. The number of alkyl halides is 2. The summed E-state index contributed by atoms with van der Waals surface area (Å²) >= 11 is 1.27. The average molecular weight is 589 g/mol. The van der Waals surface area contributed by atoms with Crippen molar-refractivity contribution in [3.05, 3.63) is 70.3 Å². The van der Waals surface area contributed by atoms with Gasteiger partial charge in [0.25, 0.3) is 12.0 Å². The second-order valence-electron chi connectivity index (χ2n) is 9.02. The Morgan fingerprint density at radius 2 is 2.00 bits per heavy atom. The molecule has 41 heavy (non-hydrogen) atoms. The molecule has 5 rings (SSSR count). The number of pyridine rings is 3. The van der Waals surface area contributed by atoms with E-state index in [0.717, 1.165) is 41.8 Å². The molecule has 3 N–H and O–H groups in total. The van der Waals surface area contributed by atoms with E-state index in [-0.39, 0.29) is 29.7 Å². The van der Waals surface area contributed by atoms with E-state index in [1.807, 2.05) is 13.8 Å². The van der Waals surface area contributed by atoms with Crippen LogP contribution in [-0.4, -0.2) is 37.3 Å². The molecule has 0 saturated heterocycles. The molecule has 2 unspecified atom stereocenters. The summed E-state index contributed by atoms with van der Waals surface area (Å²) in [5.41, 5.74) is -0.336. The minimum absolute atomic E-state index is 0. The fourth-order valence-electron chi connectivity index (χ4n) is 3.94. The first-order chi connectivity index (χ1) is 19.7. The highest BCUT2D eigenvalue weighted by Gasteiger charge is 2.34. The van der Waals surface area contributed by atoms with Gasteiger partial charge in [-0.25, -0.2) is 18.3 Å². The molecular weight excluding hydrogens is 557 g/mol. The Labute approximate surface area is 240 Å². The zero-order valence-corrected chi connectivity index (χ0v) is 23.6. The molecule has 0 aromatic carbocycles. The third-order valence-corrected chi connectivity index (χ3v) is 6.93. The van der Waals surface area contributed by atoms with Crippen molar-refractivity contribution in [3.63, 3.8) is 0 Å². The number of nitrogens with one attached hydrogen (secondary N) is 2. The lowest BCUT2D eigenvalue weighted by Crippen LogP contribution is -2.48. The Morgan fingerprint density at radius 1 is 1.24 bits per heavy atom. The van der Waals surface area contributed by atoms with Crippen LogP contribution in [0.5, 0.6) is 5.75 Å². The number of aliphatic hydroxyl groups is 1. The molecule has 2 aliphatic rings. The van der Waals surface area contributed by atoms with Crippen molar-refractivity contribution in [2.45, 2.75) is 51.3 Å². The van der Waals surface area contributed by atoms with Gasteiger partial charge >= 0.3 is 0 Å². The number of thioether (sulfide) groups is 1. The van der Waals surface area contributed by atoms with Gasteiger partial charge in [-0.05, 0) is 49.4 Å². The summed E-state index contributed by atoms with van der Waals surface area (Å²) in [6.07, 6.45) is 1.63. The van der Waals surface area contributed by atoms with Crippen molar-refractivity contribution in [1.29, 1.82) is 0 Å². The van der Waals surface area contributed by atoms with Gasteiger partial charge in [-0.2, -0.15) is 9.49 Å². The third kappa shape index (κ3) is 6.90. The van der Waals surface area contributed by atoms with E-state index < -0.39 is 34.8 Å². The van der Waals surface area contributed by atoms with E-state index in [9.17, 15) is 23.1 Å². The minimum Gasteiger partial charge on any atom is -0.494 e. The van der Waals surface area contributed by atoms with E-state index in [2.05, 4.69) is 37.7 Å². The second-order valence-corrected chi connectivity index (χ2v) is 10.1. The summed E-state index contributed by atoms with van der Waals surface area (Å²) in [6.45, 7) is 5.44. The number of hydrazone groups is 1. The van der Waals surface area contributed by atoms with Gasteiger partial charge in [-0.15, -0.1) is 0 Å². The topological polar surface area (TPSA) is 114 Å². The molecule has 1 aliphatic carbocycles. The summed E-state index contributed by atoms with van der Waals surface area (Å²) in [6, 6.07) is 5.94. The smallest absolute Gasteiger partial charge is 0.280 e. The number of aromatic nitrogens is 3. The Bertz CT molecular complexity index is 1570. The maximum absolute atomic E-state index is 14.6. The quantitative estimate of drug-likeness (QED) is 0.206. The molecule has 3 aromatic heterocycles. The van der Waals surface area contributed by atoms with E-state index in [0.29, 0.717) is 11.0 Å². The highest BCUT2D eigenvalue weighted by Crippen LogP contribution is 2.38. The number of nitrogens with zero attached hydrogens (tertiary/aromatic N) is 4. The SMILES string of the molecule is CC.COc1cnc(C(F)F)cc1-c1cc(-n2c(F)cccc2=O)ncc1C(C)(O)NC1NN=C(C#CC2CC2)S1.[HH]. The Hall–Kier alpha value is -3.86. The normalized spacial score (nSPS) is 17.4. The van der Waals surface area contributed by atoms with Gasteiger partial charge in [0.2, 0.25) is 5.95 Å². The molecule has 3 aromatic rings. The molecule has 2 atom stereocenters. The van der Waals surface area contributed by atoms with Crippen LogP contribution in [0.25, 0.3) is 16.9 Å². The Balaban J connectivity index is 0.00000158. The molecule has 13 heteroatoms. The summed E-state index contributed by atoms with van der Waals surface area (Å²) < 4.78 is 47.9. The van der Waals surface area contributed by atoms with Gasteiger partial charge in [0.1, 0.15) is 28.5 Å². The van der Waals surface area contributed by atoms with Gasteiger partial charge in [-0.1, -0.05) is 37.6 Å². The van der Waals surface area contributed by atoms with Crippen molar-refractivity contribution in [1.82, 2.24) is 25.3 Å². The lowest BCUT2D eigenvalue weighted by molar-refractivity contribution is 0.0147. The molecule has 0 spiro atoms. The summed E-state index contributed by atoms with van der Waals surface area (Å²) in [5.74, 6) is 5.63. The molecule has 0 bridgehead atoms. The van der Waals surface area contributed by atoms with Crippen LogP contribution in [0.15, 0.2) is 52.6 Å². The minimum atomic E-state index is -2.89. The average Bonchev–Trinajstić information content (AvgIpc) is 3.69. The number of rotatable bonds is 7. The standard InChI is InChI=1S/C26H23F3N6O3S.C2H6.H2/c1-26(37,32-25-34-33-22(39-25)9-8-14-6-7-14)17-12-31-21(35-20(27)4-3-5-23(35)36)11-15(17)16-10-18(24(28)29)30-13-19(16)38-2;1-2;/h3-5,10-14,24-25,32,34,37H,6-7H2,1-2H3;1-2H3;1H. The first-order valence-electron chi connectivity index (χ1n) is 12.9. The third-order valence-electron chi connectivity index (χ3n) is 6.06. The maximum atomic E-state index is 14.6. The van der Waals surface area contributed by atoms with Crippen molar-refractivity contribution < 1.29 is 24.4 Å². The predicted octanol–water partition coefficient (Wildman–Crippen LogP) is 4.75. The molecule has 1 saturated carbocycles. The van der Waals surface area contributed by atoms with Crippen LogP contribution in [0.2, 0.25) is 0 Å². The van der Waals surface area contributed by atoms with Gasteiger partial charge < -0.3 is 9.84 Å². The second kappa shape index (κ2) is 12.8. The van der Waals surface area contributed by atoms with Crippen LogP contribution < -0.4 is 21.0 Å². The van der Waals surface area contributed by atoms with Gasteiger partial charge in [0.15, 0.2) is 5.04 Å². The van der Waals surface area contributed by atoms with Crippen LogP contribution in [-0.2, 0) is 5.72 Å². The van der Waals surface area contributed by atoms with Gasteiger partial charge in [0, 0.05) is 30.7 Å². The molecule has 1 fully saturated rings. The van der Waals surface area contributed by atoms with Crippen LogP contribution in [0, 0.1) is 23.7 Å². The molecule has 1 aliphatic heterocycles. The molecule has 218 valence electrons. The largest absolute Gasteiger partial charge is 0.494 e. The highest BCUT2D eigenvalue weighted by molar-refractivity contribution is 8.15. The first-order valence-corrected chi connectivity index (χ1v) is 13.8. The van der Waals surface area contributed by atoms with E-state index in [4.69, 9.17) is 4.74 Å². The van der Waals surface area contributed by atoms with Crippen molar-refractivity contribution in [3.8, 4) is 34.5 Å². The number of hydrogen-bond donors (Lipinski definition) is 3. The van der Waals surface area contributed by atoms with Crippen molar-refractivity contribution in [2.75, 3.05) is 7.11 Å². The Morgan fingerprint density at radius 3 is 2.66 bits per heavy atom. The zero-order valence-electron chi connectivity index (χ0n) is 22.8. The summed E-state index contributed by atoms with van der Waals surface area (Å²) in [5, 5.41) is 19.3. The van der Waals surface area contributed by atoms with E-state index in [1.165, 1.54) is 44.1 Å². The maximum Gasteiger partial charge on any atom is 0.280 e. The summed E-state index contributed by atoms with van der Waals surface area (Å²) in [7, 11) is 1.34. The number of ether oxygens (including phenoxy) is 1. The molecular formula is C28H31F3N6O3S. The van der Waals surface area contributed by atoms with Crippen LogP contribution in [0.3, 0.4) is 0 Å². The monoisotopic (exact) mass is 588 g/mol. The summed E-state index contributed by atoms with van der Waals surface area (Å²) in [4.78, 5) is 20.4. The Kier molecular flexibility index (Phi) is 9.37. The first kappa shape index (κ1) is 30.1. The number of methoxy groups -OCH3 is 1. The fourth-order valence-corrected chi connectivity index (χ4v) is 4.78. The zero-order chi connectivity index (χ0) is 29.7. The number of hydrogen-bond acceptors (Lipinski definition) is 9.